The van der Waals surface area contributed by atoms with Crippen molar-refractivity contribution in [1.82, 2.24) is 20.6 Å². The van der Waals surface area contributed by atoms with Crippen molar-refractivity contribution in [3.05, 3.63) is 77.0 Å². The minimum absolute atomic E-state index is 0.0450. The second-order valence-electron chi connectivity index (χ2n) is 9.21. The molecule has 0 bridgehead atoms. The van der Waals surface area contributed by atoms with Gasteiger partial charge in [-0.25, -0.2) is 19.1 Å². The van der Waals surface area contributed by atoms with Crippen LogP contribution in [0.15, 0.2) is 48.5 Å². The van der Waals surface area contributed by atoms with Crippen LogP contribution in [-0.4, -0.2) is 52.1 Å². The zero-order chi connectivity index (χ0) is 25.9. The molecule has 192 valence electrons. The Bertz CT molecular complexity index is 1320. The number of aliphatic hydroxyl groups excluding tert-OH is 1. The van der Waals surface area contributed by atoms with Gasteiger partial charge in [0, 0.05) is 25.1 Å². The zero-order valence-corrected chi connectivity index (χ0v) is 20.0. The topological polar surface area (TPSA) is 139 Å². The molecule has 1 aliphatic heterocycles. The predicted molar refractivity (Wildman–Crippen MR) is 134 cm³/mol. The number of hydrogen-bond acceptors (Lipinski definition) is 6. The Hall–Kier alpha value is -4.25. The van der Waals surface area contributed by atoms with E-state index in [2.05, 4.69) is 25.9 Å². The number of rotatable bonds is 10. The molecule has 1 saturated carbocycles. The lowest BCUT2D eigenvalue weighted by Gasteiger charge is -2.13. The summed E-state index contributed by atoms with van der Waals surface area (Å²) in [5, 5.41) is 17.7. The number of H-pyrrole nitrogens is 1. The van der Waals surface area contributed by atoms with Gasteiger partial charge in [-0.1, -0.05) is 30.3 Å². The number of amides is 4. The number of anilines is 2. The third-order valence-corrected chi connectivity index (χ3v) is 6.40. The molecule has 5 rings (SSSR count). The highest BCUT2D eigenvalue weighted by atomic mass is 19.1. The summed E-state index contributed by atoms with van der Waals surface area (Å²) in [6, 6.07) is 11.6. The maximum atomic E-state index is 14.0. The number of nitrogens with zero attached hydrogens (tertiary/aromatic N) is 2. The molecular weight excluding hydrogens is 479 g/mol. The number of aromatic nitrogens is 2. The van der Waals surface area contributed by atoms with E-state index in [1.165, 1.54) is 6.07 Å². The van der Waals surface area contributed by atoms with Gasteiger partial charge in [-0.05, 0) is 42.5 Å². The number of hydrogen-bond donors (Lipinski definition) is 5. The fourth-order valence-electron chi connectivity index (χ4n) is 4.12. The van der Waals surface area contributed by atoms with Crippen LogP contribution in [0.4, 0.5) is 20.7 Å². The quantitative estimate of drug-likeness (QED) is 0.268. The lowest BCUT2D eigenvalue weighted by atomic mass is 10.1. The normalized spacial score (nSPS) is 17.1. The Morgan fingerprint density at radius 2 is 1.89 bits per heavy atom. The number of carbonyl (C=O) groups excluding carboxylic acids is 3. The highest BCUT2D eigenvalue weighted by Crippen LogP contribution is 2.29. The largest absolute Gasteiger partial charge is 0.394 e. The summed E-state index contributed by atoms with van der Waals surface area (Å²) in [6.45, 7) is 0.293. The monoisotopic (exact) mass is 506 g/mol. The molecule has 11 heteroatoms. The van der Waals surface area contributed by atoms with Crippen LogP contribution < -0.4 is 20.9 Å². The van der Waals surface area contributed by atoms with E-state index in [4.69, 9.17) is 0 Å². The highest BCUT2D eigenvalue weighted by Gasteiger charge is 2.38. The summed E-state index contributed by atoms with van der Waals surface area (Å²) >= 11 is 0. The van der Waals surface area contributed by atoms with Crippen LogP contribution in [-0.2, 0) is 17.8 Å². The Kier molecular flexibility index (Phi) is 6.87. The van der Waals surface area contributed by atoms with E-state index < -0.39 is 30.5 Å². The fraction of sp³-hybridized carbons (Fsp3) is 0.308. The van der Waals surface area contributed by atoms with Gasteiger partial charge in [0.2, 0.25) is 0 Å². The zero-order valence-electron chi connectivity index (χ0n) is 20.0. The first-order valence-electron chi connectivity index (χ1n) is 12.1. The van der Waals surface area contributed by atoms with Crippen LogP contribution in [0.2, 0.25) is 0 Å². The number of aliphatic hydroxyl groups is 1. The van der Waals surface area contributed by atoms with Crippen molar-refractivity contribution in [2.24, 2.45) is 5.92 Å². The molecule has 2 aliphatic rings. The number of imidazole rings is 1. The maximum Gasteiger partial charge on any atom is 0.329 e. The van der Waals surface area contributed by atoms with E-state index >= 15 is 0 Å². The standard InChI is InChI=1S/C26H27FN6O4/c27-19-4-2-1-3-17(19)13-29-24(35)22-23(28-12-16-5-6-16)32-21(31-22)11-15-7-9-18(10-8-15)33-25(36)20(14-34)30-26(33)37/h1-4,7-10,16,20,28,34H,5-6,11-14H2,(H,29,35)(H,30,37)(H,31,32)/t20-/m0/s1. The van der Waals surface area contributed by atoms with Gasteiger partial charge in [0.25, 0.3) is 11.8 Å². The smallest absolute Gasteiger partial charge is 0.329 e. The van der Waals surface area contributed by atoms with Crippen molar-refractivity contribution in [3.63, 3.8) is 0 Å². The maximum absolute atomic E-state index is 14.0. The first kappa shape index (κ1) is 24.4. The molecule has 1 atom stereocenters. The summed E-state index contributed by atoms with van der Waals surface area (Å²) in [4.78, 5) is 46.0. The molecule has 2 heterocycles. The van der Waals surface area contributed by atoms with Crippen LogP contribution in [0, 0.1) is 11.7 Å². The Morgan fingerprint density at radius 1 is 1.14 bits per heavy atom. The third kappa shape index (κ3) is 5.46. The molecule has 4 amide bonds. The molecule has 5 N–H and O–H groups in total. The summed E-state index contributed by atoms with van der Waals surface area (Å²) in [5.74, 6) is 0.272. The first-order valence-corrected chi connectivity index (χ1v) is 12.1. The van der Waals surface area contributed by atoms with Crippen molar-refractivity contribution in [2.75, 3.05) is 23.4 Å². The van der Waals surface area contributed by atoms with Gasteiger partial charge in [0.05, 0.1) is 12.3 Å². The molecule has 1 saturated heterocycles. The van der Waals surface area contributed by atoms with Gasteiger partial charge in [-0.3, -0.25) is 9.59 Å². The Labute approximate surface area is 212 Å². The molecule has 10 nitrogen and oxygen atoms in total. The summed E-state index contributed by atoms with van der Waals surface area (Å²) in [7, 11) is 0. The number of carbonyl (C=O) groups is 3. The molecule has 0 spiro atoms. The molecule has 2 fully saturated rings. The van der Waals surface area contributed by atoms with Crippen LogP contribution in [0.5, 0.6) is 0 Å². The molecule has 2 aromatic carbocycles. The van der Waals surface area contributed by atoms with Gasteiger partial charge >= 0.3 is 6.03 Å². The summed E-state index contributed by atoms with van der Waals surface area (Å²) in [6.07, 6.45) is 2.66. The van der Waals surface area contributed by atoms with Crippen LogP contribution in [0.25, 0.3) is 0 Å². The molecular formula is C26H27FN6O4. The average molecular weight is 507 g/mol. The fourth-order valence-corrected chi connectivity index (χ4v) is 4.12. The molecule has 0 unspecified atom stereocenters. The van der Waals surface area contributed by atoms with Gasteiger partial charge in [-0.15, -0.1) is 0 Å². The molecule has 1 aliphatic carbocycles. The predicted octanol–water partition coefficient (Wildman–Crippen LogP) is 2.31. The van der Waals surface area contributed by atoms with Gasteiger partial charge in [-0.2, -0.15) is 0 Å². The molecule has 3 aromatic rings. The van der Waals surface area contributed by atoms with E-state index in [0.717, 1.165) is 23.3 Å². The minimum Gasteiger partial charge on any atom is -0.394 e. The molecule has 37 heavy (non-hydrogen) atoms. The lowest BCUT2D eigenvalue weighted by Crippen LogP contribution is -2.33. The number of urea groups is 1. The molecule has 1 aromatic heterocycles. The van der Waals surface area contributed by atoms with Crippen LogP contribution in [0.1, 0.15) is 40.3 Å². The van der Waals surface area contributed by atoms with Crippen LogP contribution >= 0.6 is 0 Å². The van der Waals surface area contributed by atoms with Crippen molar-refractivity contribution in [1.29, 1.82) is 0 Å². The minimum atomic E-state index is -0.945. The van der Waals surface area contributed by atoms with Crippen molar-refractivity contribution in [3.8, 4) is 0 Å². The van der Waals surface area contributed by atoms with Crippen molar-refractivity contribution in [2.45, 2.75) is 31.8 Å². The van der Waals surface area contributed by atoms with E-state index in [1.807, 2.05) is 0 Å². The van der Waals surface area contributed by atoms with E-state index in [1.54, 1.807) is 42.5 Å². The SMILES string of the molecule is O=C(NCc1ccccc1F)c1[nH]c(Cc2ccc(N3C(=O)N[C@@H](CO)C3=O)cc2)nc1NCC1CC1. The highest BCUT2D eigenvalue weighted by molar-refractivity contribution is 6.21. The van der Waals surface area contributed by atoms with E-state index in [0.29, 0.717) is 41.8 Å². The second kappa shape index (κ2) is 10.4. The number of benzene rings is 2. The second-order valence-corrected chi connectivity index (χ2v) is 9.21. The third-order valence-electron chi connectivity index (χ3n) is 6.40. The number of imide groups is 1. The van der Waals surface area contributed by atoms with Gasteiger partial charge in [0.1, 0.15) is 23.4 Å². The number of nitrogens with one attached hydrogen (secondary N) is 4. The van der Waals surface area contributed by atoms with Crippen molar-refractivity contribution >= 4 is 29.4 Å². The van der Waals surface area contributed by atoms with Gasteiger partial charge in [0.15, 0.2) is 5.82 Å². The van der Waals surface area contributed by atoms with Gasteiger partial charge < -0.3 is 26.0 Å². The van der Waals surface area contributed by atoms with Crippen LogP contribution in [0.3, 0.4) is 0 Å². The van der Waals surface area contributed by atoms with E-state index in [-0.39, 0.29) is 18.1 Å². The summed E-state index contributed by atoms with van der Waals surface area (Å²) < 4.78 is 14.0. The number of aromatic amines is 1. The average Bonchev–Trinajstić information content (AvgIpc) is 3.57. The molecule has 0 radical (unpaired) electrons. The van der Waals surface area contributed by atoms with E-state index in [9.17, 15) is 23.9 Å². The Balaban J connectivity index is 1.29. The Morgan fingerprint density at radius 3 is 2.57 bits per heavy atom. The first-order chi connectivity index (χ1) is 17.9. The number of halogens is 1. The summed E-state index contributed by atoms with van der Waals surface area (Å²) in [5.41, 5.74) is 1.90. The van der Waals surface area contributed by atoms with Crippen molar-refractivity contribution < 1.29 is 23.9 Å². The lowest BCUT2D eigenvalue weighted by molar-refractivity contribution is -0.119.